The molecule has 0 aliphatic carbocycles. The number of nitrogens with two attached hydrogens (primary N) is 1. The highest BCUT2D eigenvalue weighted by molar-refractivity contribution is 7.86. The monoisotopic (exact) mass is 289 g/mol. The summed E-state index contributed by atoms with van der Waals surface area (Å²) in [6.45, 7) is 2.44. The number of hydrogen-bond acceptors (Lipinski definition) is 3. The lowest BCUT2D eigenvalue weighted by atomic mass is 9.96. The summed E-state index contributed by atoms with van der Waals surface area (Å²) in [6.07, 6.45) is 5.75. The second kappa shape index (κ2) is 6.19. The van der Waals surface area contributed by atoms with Crippen LogP contribution in [0.25, 0.3) is 0 Å². The summed E-state index contributed by atoms with van der Waals surface area (Å²) in [5.41, 5.74) is 0. The van der Waals surface area contributed by atoms with Crippen LogP contribution in [0, 0.1) is 5.92 Å². The molecular formula is C12H23N3O3S. The Morgan fingerprint density at radius 3 is 1.95 bits per heavy atom. The van der Waals surface area contributed by atoms with E-state index in [9.17, 15) is 13.2 Å². The van der Waals surface area contributed by atoms with E-state index in [4.69, 9.17) is 5.14 Å². The van der Waals surface area contributed by atoms with Crippen molar-refractivity contribution in [3.8, 4) is 0 Å². The van der Waals surface area contributed by atoms with Crippen LogP contribution >= 0.6 is 0 Å². The van der Waals surface area contributed by atoms with E-state index in [1.807, 2.05) is 4.90 Å². The SMILES string of the molecule is NS(=O)(=O)N1CCC(C(=O)N2CCCCCC2)CC1. The molecule has 0 aromatic heterocycles. The minimum atomic E-state index is -3.60. The maximum atomic E-state index is 12.4. The van der Waals surface area contributed by atoms with E-state index in [-0.39, 0.29) is 11.8 Å². The highest BCUT2D eigenvalue weighted by atomic mass is 32.2. The van der Waals surface area contributed by atoms with E-state index >= 15 is 0 Å². The molecule has 2 aliphatic heterocycles. The lowest BCUT2D eigenvalue weighted by Crippen LogP contribution is -2.46. The third kappa shape index (κ3) is 3.90. The fourth-order valence-corrected chi connectivity index (χ4v) is 3.63. The van der Waals surface area contributed by atoms with Crippen molar-refractivity contribution in [1.82, 2.24) is 9.21 Å². The van der Waals surface area contributed by atoms with Crippen LogP contribution in [-0.2, 0) is 15.0 Å². The average molecular weight is 289 g/mol. The van der Waals surface area contributed by atoms with E-state index in [1.54, 1.807) is 0 Å². The molecule has 2 N–H and O–H groups in total. The maximum Gasteiger partial charge on any atom is 0.276 e. The van der Waals surface area contributed by atoms with Crippen molar-refractivity contribution >= 4 is 16.1 Å². The van der Waals surface area contributed by atoms with Gasteiger partial charge in [0.15, 0.2) is 0 Å². The topological polar surface area (TPSA) is 83.7 Å². The van der Waals surface area contributed by atoms with Gasteiger partial charge in [-0.15, -0.1) is 0 Å². The molecule has 2 fully saturated rings. The fourth-order valence-electron chi connectivity index (χ4n) is 2.91. The molecule has 0 spiro atoms. The van der Waals surface area contributed by atoms with E-state index < -0.39 is 10.2 Å². The largest absolute Gasteiger partial charge is 0.342 e. The lowest BCUT2D eigenvalue weighted by Gasteiger charge is -2.32. The molecule has 110 valence electrons. The number of amides is 1. The van der Waals surface area contributed by atoms with Crippen molar-refractivity contribution in [3.63, 3.8) is 0 Å². The van der Waals surface area contributed by atoms with Crippen molar-refractivity contribution < 1.29 is 13.2 Å². The van der Waals surface area contributed by atoms with Crippen LogP contribution in [0.3, 0.4) is 0 Å². The molecule has 2 rings (SSSR count). The maximum absolute atomic E-state index is 12.4. The molecule has 6 nitrogen and oxygen atoms in total. The lowest BCUT2D eigenvalue weighted by molar-refractivity contribution is -0.136. The first kappa shape index (κ1) is 14.7. The molecular weight excluding hydrogens is 266 g/mol. The van der Waals surface area contributed by atoms with E-state index in [0.717, 1.165) is 25.9 Å². The molecule has 2 saturated heterocycles. The predicted molar refractivity (Wildman–Crippen MR) is 72.5 cm³/mol. The summed E-state index contributed by atoms with van der Waals surface area (Å²) in [6, 6.07) is 0. The molecule has 0 atom stereocenters. The number of likely N-dealkylation sites (tertiary alicyclic amines) is 1. The molecule has 0 saturated carbocycles. The zero-order valence-corrected chi connectivity index (χ0v) is 12.1. The predicted octanol–water partition coefficient (Wildman–Crippen LogP) is 0.305. The Morgan fingerprint density at radius 2 is 1.47 bits per heavy atom. The number of nitrogens with zero attached hydrogens (tertiary/aromatic N) is 2. The Balaban J connectivity index is 1.88. The first-order chi connectivity index (χ1) is 8.98. The van der Waals surface area contributed by atoms with Crippen LogP contribution in [-0.4, -0.2) is 49.7 Å². The first-order valence-corrected chi connectivity index (χ1v) is 8.55. The van der Waals surface area contributed by atoms with Crippen LogP contribution in [0.15, 0.2) is 0 Å². The normalized spacial score (nSPS) is 24.2. The van der Waals surface area contributed by atoms with Crippen molar-refractivity contribution in [2.24, 2.45) is 11.1 Å². The van der Waals surface area contributed by atoms with Gasteiger partial charge in [-0.2, -0.15) is 12.7 Å². The smallest absolute Gasteiger partial charge is 0.276 e. The third-order valence-corrected chi connectivity index (χ3v) is 5.17. The van der Waals surface area contributed by atoms with Crippen LogP contribution in [0.4, 0.5) is 0 Å². The summed E-state index contributed by atoms with van der Waals surface area (Å²) in [5, 5.41) is 5.10. The van der Waals surface area contributed by atoms with Crippen molar-refractivity contribution in [2.45, 2.75) is 38.5 Å². The zero-order chi connectivity index (χ0) is 13.9. The van der Waals surface area contributed by atoms with Gasteiger partial charge in [0.1, 0.15) is 0 Å². The van der Waals surface area contributed by atoms with Crippen LogP contribution in [0.2, 0.25) is 0 Å². The van der Waals surface area contributed by atoms with E-state index in [1.165, 1.54) is 17.1 Å². The first-order valence-electron chi connectivity index (χ1n) is 7.05. The van der Waals surface area contributed by atoms with Gasteiger partial charge in [0.2, 0.25) is 5.91 Å². The summed E-state index contributed by atoms with van der Waals surface area (Å²) < 4.78 is 23.7. The van der Waals surface area contributed by atoms with Gasteiger partial charge in [0.25, 0.3) is 10.2 Å². The Morgan fingerprint density at radius 1 is 0.947 bits per heavy atom. The second-order valence-corrected chi connectivity index (χ2v) is 7.00. The standard InChI is InChI=1S/C12H23N3O3S/c13-19(17,18)15-9-5-11(6-10-15)12(16)14-7-3-1-2-4-8-14/h11H,1-10H2,(H2,13,17,18). The Labute approximate surface area is 115 Å². The van der Waals surface area contributed by atoms with Crippen molar-refractivity contribution in [2.75, 3.05) is 26.2 Å². The number of hydrogen-bond donors (Lipinski definition) is 1. The third-order valence-electron chi connectivity index (χ3n) is 4.08. The molecule has 2 heterocycles. The van der Waals surface area contributed by atoms with E-state index in [2.05, 4.69) is 0 Å². The highest BCUT2D eigenvalue weighted by Gasteiger charge is 2.31. The van der Waals surface area contributed by atoms with E-state index in [0.29, 0.717) is 25.9 Å². The molecule has 0 bridgehead atoms. The Hall–Kier alpha value is -0.660. The Bertz CT molecular complexity index is 408. The van der Waals surface area contributed by atoms with Crippen LogP contribution in [0.1, 0.15) is 38.5 Å². The molecule has 2 aliphatic rings. The molecule has 0 aromatic carbocycles. The van der Waals surface area contributed by atoms with Crippen molar-refractivity contribution in [3.05, 3.63) is 0 Å². The van der Waals surface area contributed by atoms with Gasteiger partial charge in [-0.1, -0.05) is 12.8 Å². The van der Waals surface area contributed by atoms with Gasteiger partial charge in [0.05, 0.1) is 0 Å². The molecule has 7 heteroatoms. The molecule has 1 amide bonds. The van der Waals surface area contributed by atoms with Crippen molar-refractivity contribution in [1.29, 1.82) is 0 Å². The summed E-state index contributed by atoms with van der Waals surface area (Å²) in [7, 11) is -3.60. The van der Waals surface area contributed by atoms with Gasteiger partial charge in [0, 0.05) is 32.1 Å². The average Bonchev–Trinajstić information content (AvgIpc) is 2.66. The summed E-state index contributed by atoms with van der Waals surface area (Å²) in [4.78, 5) is 14.4. The van der Waals surface area contributed by atoms with Gasteiger partial charge < -0.3 is 4.90 Å². The molecule has 19 heavy (non-hydrogen) atoms. The summed E-state index contributed by atoms with van der Waals surface area (Å²) >= 11 is 0. The van der Waals surface area contributed by atoms with Crippen LogP contribution in [0.5, 0.6) is 0 Å². The molecule has 0 radical (unpaired) electrons. The molecule has 0 aromatic rings. The minimum Gasteiger partial charge on any atom is -0.342 e. The second-order valence-electron chi connectivity index (χ2n) is 5.46. The quantitative estimate of drug-likeness (QED) is 0.794. The van der Waals surface area contributed by atoms with Gasteiger partial charge >= 0.3 is 0 Å². The number of rotatable bonds is 2. The number of piperidine rings is 1. The fraction of sp³-hybridized carbons (Fsp3) is 0.917. The number of carbonyl (C=O) groups is 1. The van der Waals surface area contributed by atoms with Gasteiger partial charge in [-0.05, 0) is 25.7 Å². The Kier molecular flexibility index (Phi) is 4.81. The number of carbonyl (C=O) groups excluding carboxylic acids is 1. The molecule has 0 unspecified atom stereocenters. The van der Waals surface area contributed by atoms with Crippen LogP contribution < -0.4 is 5.14 Å². The highest BCUT2D eigenvalue weighted by Crippen LogP contribution is 2.22. The summed E-state index contributed by atoms with van der Waals surface area (Å²) in [5.74, 6) is 0.173. The zero-order valence-electron chi connectivity index (χ0n) is 11.3. The van der Waals surface area contributed by atoms with Gasteiger partial charge in [-0.3, -0.25) is 4.79 Å². The minimum absolute atomic E-state index is 0.0314. The van der Waals surface area contributed by atoms with Gasteiger partial charge in [-0.25, -0.2) is 5.14 Å².